The van der Waals surface area contributed by atoms with Crippen LogP contribution >= 0.6 is 0 Å². The van der Waals surface area contributed by atoms with Crippen molar-refractivity contribution in [1.29, 1.82) is 0 Å². The van der Waals surface area contributed by atoms with Crippen LogP contribution < -0.4 is 15.4 Å². The van der Waals surface area contributed by atoms with Gasteiger partial charge in [-0.1, -0.05) is 29.8 Å². The van der Waals surface area contributed by atoms with E-state index in [2.05, 4.69) is 32.7 Å². The van der Waals surface area contributed by atoms with Crippen LogP contribution in [0.15, 0.2) is 48.8 Å². The molecule has 0 saturated heterocycles. The Bertz CT molecular complexity index is 960. The molecule has 0 aliphatic carbocycles. The van der Waals surface area contributed by atoms with Gasteiger partial charge in [0.2, 0.25) is 5.95 Å². The van der Waals surface area contributed by atoms with E-state index in [1.54, 1.807) is 7.11 Å². The van der Waals surface area contributed by atoms with E-state index in [0.717, 1.165) is 29.0 Å². The molecule has 3 rings (SSSR count). The molecule has 6 heteroatoms. The largest absolute Gasteiger partial charge is 0.497 e. The normalized spacial score (nSPS) is 10.5. The molecule has 1 heterocycles. The molecule has 0 fully saturated rings. The van der Waals surface area contributed by atoms with Gasteiger partial charge in [-0.3, -0.25) is 4.79 Å². The molecule has 0 atom stereocenters. The third-order valence-corrected chi connectivity index (χ3v) is 4.69. The Kier molecular flexibility index (Phi) is 6.44. The van der Waals surface area contributed by atoms with Gasteiger partial charge in [-0.2, -0.15) is 0 Å². The lowest BCUT2D eigenvalue weighted by molar-refractivity contribution is 0.102. The first-order valence-corrected chi connectivity index (χ1v) is 9.54. The van der Waals surface area contributed by atoms with Gasteiger partial charge in [0.25, 0.3) is 5.91 Å². The molecule has 3 aromatic rings. The summed E-state index contributed by atoms with van der Waals surface area (Å²) in [6, 6.07) is 12.0. The molecule has 0 bridgehead atoms. The highest BCUT2D eigenvalue weighted by atomic mass is 16.5. The number of ether oxygens (including phenoxy) is 1. The van der Waals surface area contributed by atoms with E-state index in [1.807, 2.05) is 45.0 Å². The minimum absolute atomic E-state index is 0.218. The third-order valence-electron chi connectivity index (χ3n) is 4.69. The van der Waals surface area contributed by atoms with Crippen LogP contribution in [0.1, 0.15) is 32.6 Å². The van der Waals surface area contributed by atoms with Crippen molar-refractivity contribution in [1.82, 2.24) is 9.97 Å². The maximum atomic E-state index is 12.5. The summed E-state index contributed by atoms with van der Waals surface area (Å²) >= 11 is 0. The number of amides is 1. The zero-order valence-electron chi connectivity index (χ0n) is 17.2. The van der Waals surface area contributed by atoms with Gasteiger partial charge in [-0.15, -0.1) is 0 Å². The summed E-state index contributed by atoms with van der Waals surface area (Å²) in [5.74, 6) is 1.12. The molecule has 0 aliphatic heterocycles. The van der Waals surface area contributed by atoms with Gasteiger partial charge in [0, 0.05) is 24.6 Å². The number of carbonyl (C=O) groups excluding carboxylic acids is 1. The highest BCUT2D eigenvalue weighted by Gasteiger charge is 2.11. The van der Waals surface area contributed by atoms with E-state index in [4.69, 9.17) is 4.74 Å². The fourth-order valence-corrected chi connectivity index (χ4v) is 3.21. The first kappa shape index (κ1) is 20.3. The topological polar surface area (TPSA) is 76.1 Å². The van der Waals surface area contributed by atoms with Gasteiger partial charge in [-0.25, -0.2) is 9.97 Å². The molecule has 0 aliphatic rings. The zero-order valence-corrected chi connectivity index (χ0v) is 17.2. The number of benzene rings is 2. The highest BCUT2D eigenvalue weighted by Crippen LogP contribution is 2.22. The number of nitrogens with zero attached hydrogens (tertiary/aromatic N) is 2. The number of rotatable bonds is 7. The van der Waals surface area contributed by atoms with E-state index < -0.39 is 0 Å². The third kappa shape index (κ3) is 5.31. The monoisotopic (exact) mass is 390 g/mol. The van der Waals surface area contributed by atoms with Crippen molar-refractivity contribution in [2.24, 2.45) is 0 Å². The Morgan fingerprint density at radius 3 is 2.21 bits per heavy atom. The molecule has 2 aromatic carbocycles. The van der Waals surface area contributed by atoms with E-state index in [1.165, 1.54) is 23.5 Å². The fraction of sp³-hybridized carbons (Fsp3) is 0.261. The number of aryl methyl sites for hydroxylation is 3. The summed E-state index contributed by atoms with van der Waals surface area (Å²) in [5.41, 5.74) is 5.69. The minimum atomic E-state index is -0.218. The molecular weight excluding hydrogens is 364 g/mol. The number of methoxy groups -OCH3 is 1. The summed E-state index contributed by atoms with van der Waals surface area (Å²) in [6.45, 7) is 6.71. The van der Waals surface area contributed by atoms with Crippen LogP contribution in [-0.4, -0.2) is 29.5 Å². The van der Waals surface area contributed by atoms with Crippen molar-refractivity contribution in [2.75, 3.05) is 24.3 Å². The number of anilines is 2. The Morgan fingerprint density at radius 1 is 1.00 bits per heavy atom. The predicted octanol–water partition coefficient (Wildman–Crippen LogP) is 4.32. The van der Waals surface area contributed by atoms with Gasteiger partial charge >= 0.3 is 0 Å². The molecule has 1 amide bonds. The molecule has 0 spiro atoms. The van der Waals surface area contributed by atoms with Crippen LogP contribution in [0.5, 0.6) is 5.75 Å². The Morgan fingerprint density at radius 2 is 1.62 bits per heavy atom. The minimum Gasteiger partial charge on any atom is -0.497 e. The van der Waals surface area contributed by atoms with Crippen LogP contribution in [0.25, 0.3) is 0 Å². The molecule has 1 aromatic heterocycles. The first-order chi connectivity index (χ1) is 14.0. The average molecular weight is 390 g/mol. The quantitative estimate of drug-likeness (QED) is 0.628. The van der Waals surface area contributed by atoms with E-state index in [9.17, 15) is 4.79 Å². The van der Waals surface area contributed by atoms with Crippen molar-refractivity contribution in [3.8, 4) is 5.75 Å². The SMILES string of the molecule is COc1ccc(CCNc2ncc(C(=O)Nc3c(C)cc(C)cc3C)cn2)cc1. The summed E-state index contributed by atoms with van der Waals surface area (Å²) in [7, 11) is 1.65. The Labute approximate surface area is 171 Å². The van der Waals surface area contributed by atoms with Gasteiger partial charge in [-0.05, 0) is 56.0 Å². The number of hydrogen-bond donors (Lipinski definition) is 2. The van der Waals surface area contributed by atoms with Gasteiger partial charge in [0.05, 0.1) is 12.7 Å². The second kappa shape index (κ2) is 9.19. The zero-order chi connectivity index (χ0) is 20.8. The maximum Gasteiger partial charge on any atom is 0.258 e. The van der Waals surface area contributed by atoms with Crippen molar-refractivity contribution >= 4 is 17.5 Å². The van der Waals surface area contributed by atoms with Gasteiger partial charge < -0.3 is 15.4 Å². The lowest BCUT2D eigenvalue weighted by Gasteiger charge is -2.13. The maximum absolute atomic E-state index is 12.5. The molecule has 29 heavy (non-hydrogen) atoms. The van der Waals surface area contributed by atoms with Crippen LogP contribution in [0.2, 0.25) is 0 Å². The molecular formula is C23H26N4O2. The van der Waals surface area contributed by atoms with Crippen molar-refractivity contribution < 1.29 is 9.53 Å². The molecule has 150 valence electrons. The van der Waals surface area contributed by atoms with Crippen molar-refractivity contribution in [3.05, 3.63) is 76.6 Å². The standard InChI is InChI=1S/C23H26N4O2/c1-15-11-16(2)21(17(3)12-15)27-22(28)19-13-25-23(26-14-19)24-10-9-18-5-7-20(29-4)8-6-18/h5-8,11-14H,9-10H2,1-4H3,(H,27,28)(H,24,25,26). The summed E-state index contributed by atoms with van der Waals surface area (Å²) in [5, 5.41) is 6.14. The number of nitrogens with one attached hydrogen (secondary N) is 2. The smallest absolute Gasteiger partial charge is 0.258 e. The molecule has 0 radical (unpaired) electrons. The second-order valence-corrected chi connectivity index (χ2v) is 7.05. The van der Waals surface area contributed by atoms with Gasteiger partial charge in [0.15, 0.2) is 0 Å². The van der Waals surface area contributed by atoms with Crippen LogP contribution in [0.3, 0.4) is 0 Å². The number of carbonyl (C=O) groups is 1. The van der Waals surface area contributed by atoms with Crippen LogP contribution in [0, 0.1) is 20.8 Å². The van der Waals surface area contributed by atoms with Crippen molar-refractivity contribution in [2.45, 2.75) is 27.2 Å². The fourth-order valence-electron chi connectivity index (χ4n) is 3.21. The van der Waals surface area contributed by atoms with Crippen LogP contribution in [-0.2, 0) is 6.42 Å². The summed E-state index contributed by atoms with van der Waals surface area (Å²) in [4.78, 5) is 21.1. The molecule has 0 unspecified atom stereocenters. The highest BCUT2D eigenvalue weighted by molar-refractivity contribution is 6.04. The lowest BCUT2D eigenvalue weighted by atomic mass is 10.0. The summed E-state index contributed by atoms with van der Waals surface area (Å²) < 4.78 is 5.16. The molecule has 6 nitrogen and oxygen atoms in total. The van der Waals surface area contributed by atoms with E-state index in [-0.39, 0.29) is 5.91 Å². The summed E-state index contributed by atoms with van der Waals surface area (Å²) in [6.07, 6.45) is 3.91. The number of hydrogen-bond acceptors (Lipinski definition) is 5. The number of aromatic nitrogens is 2. The predicted molar refractivity (Wildman–Crippen MR) is 116 cm³/mol. The van der Waals surface area contributed by atoms with E-state index in [0.29, 0.717) is 18.1 Å². The molecule has 0 saturated carbocycles. The van der Waals surface area contributed by atoms with E-state index >= 15 is 0 Å². The first-order valence-electron chi connectivity index (χ1n) is 9.54. The molecule has 2 N–H and O–H groups in total. The van der Waals surface area contributed by atoms with Gasteiger partial charge in [0.1, 0.15) is 5.75 Å². The Balaban J connectivity index is 1.56. The lowest BCUT2D eigenvalue weighted by Crippen LogP contribution is -2.15. The van der Waals surface area contributed by atoms with Crippen LogP contribution in [0.4, 0.5) is 11.6 Å². The average Bonchev–Trinajstić information content (AvgIpc) is 2.71. The Hall–Kier alpha value is -3.41. The van der Waals surface area contributed by atoms with Crippen molar-refractivity contribution in [3.63, 3.8) is 0 Å². The second-order valence-electron chi connectivity index (χ2n) is 7.05.